The highest BCUT2D eigenvalue weighted by Crippen LogP contribution is 2.13. The minimum absolute atomic E-state index is 0.415. The van der Waals surface area contributed by atoms with Gasteiger partial charge in [0.2, 0.25) is 0 Å². The lowest BCUT2D eigenvalue weighted by atomic mass is 10.3. The Morgan fingerprint density at radius 3 is 2.76 bits per heavy atom. The van der Waals surface area contributed by atoms with Gasteiger partial charge in [0.1, 0.15) is 0 Å². The molecule has 0 aromatic heterocycles. The molecule has 0 aromatic rings. The van der Waals surface area contributed by atoms with Crippen LogP contribution in [0.5, 0.6) is 0 Å². The largest absolute Gasteiger partial charge is 0.382 e. The number of hydrogen-bond acceptors (Lipinski definition) is 4. The summed E-state index contributed by atoms with van der Waals surface area (Å²) in [5.74, 6) is 0. The van der Waals surface area contributed by atoms with Gasteiger partial charge in [-0.1, -0.05) is 13.3 Å². The Balaban J connectivity index is 1.91. The maximum atomic E-state index is 5.79. The average molecular weight is 245 g/mol. The van der Waals surface area contributed by atoms with Crippen molar-refractivity contribution in [3.8, 4) is 0 Å². The van der Waals surface area contributed by atoms with Crippen LogP contribution in [0.25, 0.3) is 0 Å². The van der Waals surface area contributed by atoms with Gasteiger partial charge in [0, 0.05) is 20.2 Å². The Morgan fingerprint density at radius 1 is 1.18 bits per heavy atom. The highest BCUT2D eigenvalue weighted by atomic mass is 16.5. The van der Waals surface area contributed by atoms with Gasteiger partial charge in [-0.3, -0.25) is 0 Å². The summed E-state index contributed by atoms with van der Waals surface area (Å²) in [6, 6.07) is 0. The lowest BCUT2D eigenvalue weighted by Crippen LogP contribution is -2.25. The molecule has 0 aromatic carbocycles. The highest BCUT2D eigenvalue weighted by Gasteiger charge is 2.21. The number of hydrogen-bond donors (Lipinski definition) is 0. The van der Waals surface area contributed by atoms with Crippen LogP contribution in [-0.2, 0) is 14.2 Å². The first-order chi connectivity index (χ1) is 8.36. The van der Waals surface area contributed by atoms with Gasteiger partial charge in [0.05, 0.1) is 32.5 Å². The van der Waals surface area contributed by atoms with E-state index in [9.17, 15) is 0 Å². The van der Waals surface area contributed by atoms with E-state index in [1.165, 1.54) is 32.4 Å². The number of ether oxygens (including phenoxy) is 3. The Bertz CT molecular complexity index is 178. The van der Waals surface area contributed by atoms with Gasteiger partial charge >= 0.3 is 0 Å². The van der Waals surface area contributed by atoms with Gasteiger partial charge in [-0.2, -0.15) is 0 Å². The van der Waals surface area contributed by atoms with Crippen molar-refractivity contribution in [2.24, 2.45) is 0 Å². The minimum Gasteiger partial charge on any atom is -0.382 e. The molecule has 0 saturated carbocycles. The van der Waals surface area contributed by atoms with Crippen LogP contribution >= 0.6 is 0 Å². The van der Waals surface area contributed by atoms with E-state index in [1.54, 1.807) is 7.11 Å². The zero-order chi connectivity index (χ0) is 12.3. The maximum Gasteiger partial charge on any atom is 0.0715 e. The summed E-state index contributed by atoms with van der Waals surface area (Å²) in [6.45, 7) is 8.45. The zero-order valence-corrected chi connectivity index (χ0v) is 11.3. The van der Waals surface area contributed by atoms with Crippen molar-refractivity contribution >= 4 is 0 Å². The molecule has 1 heterocycles. The van der Waals surface area contributed by atoms with E-state index < -0.39 is 0 Å². The normalized spacial score (nSPS) is 21.2. The first-order valence-corrected chi connectivity index (χ1v) is 6.77. The predicted octanol–water partition coefficient (Wildman–Crippen LogP) is 1.54. The number of rotatable bonds is 10. The predicted molar refractivity (Wildman–Crippen MR) is 68.4 cm³/mol. The molecule has 1 aliphatic rings. The van der Waals surface area contributed by atoms with E-state index in [-0.39, 0.29) is 0 Å². The third-order valence-corrected chi connectivity index (χ3v) is 3.07. The fourth-order valence-corrected chi connectivity index (χ4v) is 2.04. The van der Waals surface area contributed by atoms with E-state index in [2.05, 4.69) is 11.8 Å². The maximum absolute atomic E-state index is 5.79. The lowest BCUT2D eigenvalue weighted by Gasteiger charge is -2.15. The molecule has 1 aliphatic heterocycles. The van der Waals surface area contributed by atoms with E-state index in [0.29, 0.717) is 32.5 Å². The summed E-state index contributed by atoms with van der Waals surface area (Å²) in [7, 11) is 1.68. The van der Waals surface area contributed by atoms with Crippen molar-refractivity contribution in [1.29, 1.82) is 0 Å². The van der Waals surface area contributed by atoms with Gasteiger partial charge in [0.15, 0.2) is 0 Å². The second-order valence-corrected chi connectivity index (χ2v) is 4.54. The molecule has 4 heteroatoms. The van der Waals surface area contributed by atoms with Gasteiger partial charge in [0.25, 0.3) is 0 Å². The first kappa shape index (κ1) is 14.9. The molecular weight excluding hydrogens is 218 g/mol. The smallest absolute Gasteiger partial charge is 0.0715 e. The zero-order valence-electron chi connectivity index (χ0n) is 11.3. The molecule has 1 saturated heterocycles. The molecule has 0 bridgehead atoms. The van der Waals surface area contributed by atoms with Crippen LogP contribution < -0.4 is 0 Å². The summed E-state index contributed by atoms with van der Waals surface area (Å²) in [5.41, 5.74) is 0. The number of unbranched alkanes of at least 4 members (excludes halogenated alkanes) is 1. The van der Waals surface area contributed by atoms with E-state index in [4.69, 9.17) is 14.2 Å². The van der Waals surface area contributed by atoms with Crippen molar-refractivity contribution in [1.82, 2.24) is 4.90 Å². The highest BCUT2D eigenvalue weighted by molar-refractivity contribution is 4.75. The molecule has 0 radical (unpaired) electrons. The molecule has 1 rings (SSSR count). The summed E-state index contributed by atoms with van der Waals surface area (Å²) in [5, 5.41) is 0. The van der Waals surface area contributed by atoms with Crippen LogP contribution in [0.2, 0.25) is 0 Å². The third kappa shape index (κ3) is 6.99. The standard InChI is InChI=1S/C13H27NO3/c1-3-4-6-14-7-5-13(12-14)17-11-10-16-9-8-15-2/h13H,3-12H2,1-2H3/t13-/m1/s1. The van der Waals surface area contributed by atoms with E-state index in [1.807, 2.05) is 0 Å². The molecule has 1 atom stereocenters. The fraction of sp³-hybridized carbons (Fsp3) is 1.00. The number of likely N-dealkylation sites (tertiary alicyclic amines) is 1. The fourth-order valence-electron chi connectivity index (χ4n) is 2.04. The van der Waals surface area contributed by atoms with Gasteiger partial charge in [-0.05, 0) is 19.4 Å². The van der Waals surface area contributed by atoms with Gasteiger partial charge in [-0.25, -0.2) is 0 Å². The minimum atomic E-state index is 0.415. The Labute approximate surface area is 105 Å². The average Bonchev–Trinajstić information content (AvgIpc) is 2.79. The topological polar surface area (TPSA) is 30.9 Å². The number of nitrogens with zero attached hydrogens (tertiary/aromatic N) is 1. The van der Waals surface area contributed by atoms with Crippen LogP contribution in [0.4, 0.5) is 0 Å². The van der Waals surface area contributed by atoms with E-state index in [0.717, 1.165) is 6.54 Å². The summed E-state index contributed by atoms with van der Waals surface area (Å²) in [6.07, 6.45) is 4.15. The van der Waals surface area contributed by atoms with Crippen LogP contribution in [0, 0.1) is 0 Å². The molecule has 0 amide bonds. The van der Waals surface area contributed by atoms with Crippen molar-refractivity contribution in [3.63, 3.8) is 0 Å². The lowest BCUT2D eigenvalue weighted by molar-refractivity contribution is -0.00280. The molecule has 0 aliphatic carbocycles. The third-order valence-electron chi connectivity index (χ3n) is 3.07. The Morgan fingerprint density at radius 2 is 2.00 bits per heavy atom. The van der Waals surface area contributed by atoms with Crippen LogP contribution in [0.3, 0.4) is 0 Å². The van der Waals surface area contributed by atoms with Crippen LogP contribution in [-0.4, -0.2) is 64.2 Å². The summed E-state index contributed by atoms with van der Waals surface area (Å²) < 4.78 is 16.0. The van der Waals surface area contributed by atoms with E-state index >= 15 is 0 Å². The quantitative estimate of drug-likeness (QED) is 0.546. The van der Waals surface area contributed by atoms with Crippen LogP contribution in [0.15, 0.2) is 0 Å². The van der Waals surface area contributed by atoms with Crippen molar-refractivity contribution in [2.45, 2.75) is 32.3 Å². The SMILES string of the molecule is CCCCN1CC[C@@H](OCCOCCOC)C1. The second kappa shape index (κ2) is 9.83. The first-order valence-electron chi connectivity index (χ1n) is 6.77. The monoisotopic (exact) mass is 245 g/mol. The summed E-state index contributed by atoms with van der Waals surface area (Å²) in [4.78, 5) is 2.50. The van der Waals surface area contributed by atoms with Crippen molar-refractivity contribution < 1.29 is 14.2 Å². The van der Waals surface area contributed by atoms with Gasteiger partial charge < -0.3 is 19.1 Å². The molecule has 17 heavy (non-hydrogen) atoms. The second-order valence-electron chi connectivity index (χ2n) is 4.54. The summed E-state index contributed by atoms with van der Waals surface area (Å²) >= 11 is 0. The Kier molecular flexibility index (Phi) is 8.61. The molecule has 0 N–H and O–H groups in total. The number of methoxy groups -OCH3 is 1. The van der Waals surface area contributed by atoms with Crippen molar-refractivity contribution in [3.05, 3.63) is 0 Å². The molecule has 0 spiro atoms. The molecule has 4 nitrogen and oxygen atoms in total. The molecular formula is C13H27NO3. The van der Waals surface area contributed by atoms with Gasteiger partial charge in [-0.15, -0.1) is 0 Å². The molecule has 0 unspecified atom stereocenters. The Hall–Kier alpha value is -0.160. The van der Waals surface area contributed by atoms with Crippen molar-refractivity contribution in [2.75, 3.05) is 53.2 Å². The molecule has 102 valence electrons. The van der Waals surface area contributed by atoms with Crippen LogP contribution in [0.1, 0.15) is 26.2 Å². The molecule has 1 fully saturated rings.